The van der Waals surface area contributed by atoms with Gasteiger partial charge in [0, 0.05) is 18.6 Å². The van der Waals surface area contributed by atoms with Gasteiger partial charge in [-0.25, -0.2) is 0 Å². The van der Waals surface area contributed by atoms with E-state index < -0.39 is 10.5 Å². The van der Waals surface area contributed by atoms with Crippen molar-refractivity contribution in [3.8, 4) is 0 Å². The van der Waals surface area contributed by atoms with Gasteiger partial charge in [0.25, 0.3) is 0 Å². The Morgan fingerprint density at radius 2 is 1.43 bits per heavy atom. The van der Waals surface area contributed by atoms with E-state index in [-0.39, 0.29) is 37.4 Å². The maximum atomic E-state index is 10.2. The summed E-state index contributed by atoms with van der Waals surface area (Å²) in [4.78, 5) is 0. The number of halogens is 1. The van der Waals surface area contributed by atoms with Crippen LogP contribution in [0.2, 0.25) is 0 Å². The summed E-state index contributed by atoms with van der Waals surface area (Å²) in [6.45, 7) is 0. The topological polar surface area (TPSA) is 54.4 Å². The van der Waals surface area contributed by atoms with Crippen molar-refractivity contribution in [2.24, 2.45) is 0 Å². The molecule has 0 amide bonds. The summed E-state index contributed by atoms with van der Waals surface area (Å²) < 4.78 is 34.1. The van der Waals surface area contributed by atoms with Crippen molar-refractivity contribution in [3.63, 3.8) is 0 Å². The molecule has 0 atom stereocenters. The third kappa shape index (κ3) is 170. The van der Waals surface area contributed by atoms with Gasteiger partial charge in [-0.05, 0) is 0 Å². The molecule has 1 radical (unpaired) electrons. The Morgan fingerprint density at radius 1 is 1.43 bits per heavy atom. The summed E-state index contributed by atoms with van der Waals surface area (Å²) in [7, 11) is -5.17. The molecule has 0 rings (SSSR count). The third-order valence-corrected chi connectivity index (χ3v) is 0. The first-order valence-electron chi connectivity index (χ1n) is 0.670. The van der Waals surface area contributed by atoms with Gasteiger partial charge in [0.2, 0.25) is 0 Å². The van der Waals surface area contributed by atoms with Crippen LogP contribution < -0.4 is 0 Å². The van der Waals surface area contributed by atoms with Crippen molar-refractivity contribution in [3.05, 3.63) is 0 Å². The Kier molecular flexibility index (Phi) is 11.6. The molecule has 7 heavy (non-hydrogen) atoms. The summed E-state index contributed by atoms with van der Waals surface area (Å²) in [5.74, 6) is 0. The van der Waals surface area contributed by atoms with Crippen molar-refractivity contribution in [1.82, 2.24) is 0 Å². The minimum absolute atomic E-state index is 0. The van der Waals surface area contributed by atoms with E-state index in [0.717, 1.165) is 0 Å². The molecule has 1 N–H and O–H groups in total. The van der Waals surface area contributed by atoms with Crippen molar-refractivity contribution in [1.29, 1.82) is 0 Å². The molecule has 0 saturated carbocycles. The molecule has 0 aliphatic carbocycles. The quantitative estimate of drug-likeness (QED) is 0.283. The van der Waals surface area contributed by atoms with Gasteiger partial charge in [-0.2, -0.15) is 8.42 Å². The molecule has 0 heterocycles. The maximum Gasteiger partial charge on any atom is 0 e. The standard InChI is InChI=1S/FHO3S.Li.V.H/c1-5(2,3)4;;;/h(H,2,3,4);;;. The van der Waals surface area contributed by atoms with Crippen molar-refractivity contribution in [2.75, 3.05) is 0 Å². The van der Waals surface area contributed by atoms with Crippen molar-refractivity contribution >= 4 is 29.4 Å². The number of hydrogen-bond donors (Lipinski definition) is 1. The predicted octanol–water partition coefficient (Wildman–Crippen LogP) is -0.892. The SMILES string of the molecule is O=S(=O)(O)F.[LiH].[V]. The van der Waals surface area contributed by atoms with Crippen LogP contribution >= 0.6 is 0 Å². The van der Waals surface area contributed by atoms with Gasteiger partial charge in [0.15, 0.2) is 0 Å². The molecule has 0 bridgehead atoms. The van der Waals surface area contributed by atoms with Gasteiger partial charge < -0.3 is 0 Å². The number of rotatable bonds is 0. The molecule has 0 spiro atoms. The van der Waals surface area contributed by atoms with Crippen molar-refractivity contribution < 1.29 is 35.4 Å². The summed E-state index contributed by atoms with van der Waals surface area (Å²) in [6.07, 6.45) is 0. The molecule has 0 aromatic heterocycles. The monoisotopic (exact) mass is 159 g/mol. The van der Waals surface area contributed by atoms with E-state index in [4.69, 9.17) is 13.0 Å². The summed E-state index contributed by atoms with van der Waals surface area (Å²) >= 11 is 0. The van der Waals surface area contributed by atoms with E-state index >= 15 is 0 Å². The Hall–Kier alpha value is 1.02. The third-order valence-electron chi connectivity index (χ3n) is 0. The van der Waals surface area contributed by atoms with E-state index in [0.29, 0.717) is 0 Å². The normalized spacial score (nSPS) is 8.29. The average Bonchev–Trinajstić information content (AvgIpc) is 0.722. The summed E-state index contributed by atoms with van der Waals surface area (Å²) in [5, 5.41) is 0. The molecule has 7 heteroatoms. The fraction of sp³-hybridized carbons (Fsp3) is 0. The minimum Gasteiger partial charge on any atom is 0 e. The Labute approximate surface area is 64.8 Å². The van der Waals surface area contributed by atoms with Gasteiger partial charge >= 0.3 is 29.4 Å². The van der Waals surface area contributed by atoms with E-state index in [1.807, 2.05) is 0 Å². The van der Waals surface area contributed by atoms with Gasteiger partial charge in [-0.3, -0.25) is 4.55 Å². The summed E-state index contributed by atoms with van der Waals surface area (Å²) in [5.41, 5.74) is 0. The molecular weight excluding hydrogens is 157 g/mol. The Morgan fingerprint density at radius 3 is 1.43 bits per heavy atom. The van der Waals surface area contributed by atoms with Crippen LogP contribution in [0.3, 0.4) is 0 Å². The van der Waals surface area contributed by atoms with Gasteiger partial charge in [-0.15, -0.1) is 0 Å². The molecule has 3 nitrogen and oxygen atoms in total. The van der Waals surface area contributed by atoms with E-state index in [1.165, 1.54) is 0 Å². The van der Waals surface area contributed by atoms with Crippen LogP contribution in [0, 0.1) is 0 Å². The second-order valence-corrected chi connectivity index (χ2v) is 1.24. The van der Waals surface area contributed by atoms with Crippen LogP contribution in [0.1, 0.15) is 0 Å². The molecular formula is H2FLiO3SV. The van der Waals surface area contributed by atoms with Crippen LogP contribution in [0.5, 0.6) is 0 Å². The maximum absolute atomic E-state index is 10.2. The smallest absolute Gasteiger partial charge is 0 e. The largest absolute Gasteiger partial charge is 0 e. The first kappa shape index (κ1) is 15.7. The van der Waals surface area contributed by atoms with Gasteiger partial charge in [0.05, 0.1) is 0 Å². The van der Waals surface area contributed by atoms with Crippen molar-refractivity contribution in [2.45, 2.75) is 0 Å². The van der Waals surface area contributed by atoms with Crippen LogP contribution in [-0.2, 0) is 29.1 Å². The molecule has 0 aliphatic heterocycles. The second kappa shape index (κ2) is 5.16. The molecule has 0 unspecified atom stereocenters. The number of hydrogen-bond acceptors (Lipinski definition) is 2. The van der Waals surface area contributed by atoms with Crippen LogP contribution in [0.25, 0.3) is 0 Å². The summed E-state index contributed by atoms with van der Waals surface area (Å²) in [6, 6.07) is 0. The zero-order chi connectivity index (χ0) is 4.50. The molecule has 0 aliphatic rings. The first-order chi connectivity index (χ1) is 2.00. The van der Waals surface area contributed by atoms with E-state index in [2.05, 4.69) is 0 Å². The van der Waals surface area contributed by atoms with Gasteiger partial charge in [-0.1, -0.05) is 3.89 Å². The van der Waals surface area contributed by atoms with Crippen LogP contribution in [0.15, 0.2) is 0 Å². The molecule has 0 aromatic rings. The van der Waals surface area contributed by atoms with Gasteiger partial charge in [0.1, 0.15) is 0 Å². The predicted molar refractivity (Wildman–Crippen MR) is 19.8 cm³/mol. The molecule has 0 aromatic carbocycles. The van der Waals surface area contributed by atoms with Crippen LogP contribution in [0.4, 0.5) is 3.89 Å². The molecule has 39 valence electrons. The second-order valence-electron chi connectivity index (χ2n) is 0.412. The first-order valence-corrected chi connectivity index (χ1v) is 2.01. The molecule has 0 saturated heterocycles. The Balaban J connectivity index is -0.0000000800. The fourth-order valence-electron chi connectivity index (χ4n) is 0. The zero-order valence-corrected chi connectivity index (χ0v) is 4.71. The fourth-order valence-corrected chi connectivity index (χ4v) is 0. The van der Waals surface area contributed by atoms with E-state index in [1.54, 1.807) is 0 Å². The van der Waals surface area contributed by atoms with E-state index in [9.17, 15) is 3.89 Å². The zero-order valence-electron chi connectivity index (χ0n) is 2.50. The average molecular weight is 159 g/mol. The Bertz CT molecular complexity index is 98.1. The minimum atomic E-state index is -5.17. The molecule has 0 fully saturated rings. The van der Waals surface area contributed by atoms with Crippen LogP contribution in [-0.4, -0.2) is 31.8 Å².